The monoisotopic (exact) mass is 400 g/mol. The van der Waals surface area contributed by atoms with Gasteiger partial charge in [-0.05, 0) is 83.9 Å². The van der Waals surface area contributed by atoms with E-state index in [4.69, 9.17) is 0 Å². The number of rotatable bonds is 3. The topological polar surface area (TPSA) is 0 Å². The normalized spacial score (nSPS) is 24.0. The van der Waals surface area contributed by atoms with Gasteiger partial charge in [0.25, 0.3) is 0 Å². The fraction of sp³-hybridized carbons (Fsp3) is 0.455. The molecule has 0 heterocycles. The number of halogens is 2. The largest absolute Gasteiger partial charge is 0.0990 e. The molecule has 0 N–H and O–H groups in total. The van der Waals surface area contributed by atoms with E-state index in [9.17, 15) is 0 Å². The summed E-state index contributed by atoms with van der Waals surface area (Å²) in [5.74, 6) is 0.863. The van der Waals surface area contributed by atoms with Crippen LogP contribution in [0.3, 0.4) is 0 Å². The Bertz CT molecular complexity index is 238. The Kier molecular flexibility index (Phi) is 5.62. The second kappa shape index (κ2) is 6.22. The summed E-state index contributed by atoms with van der Waals surface area (Å²) >= 11 is 4.86. The molecule has 0 aromatic heterocycles. The molecule has 72 valence electrons. The fourth-order valence-electron chi connectivity index (χ4n) is 1.51. The van der Waals surface area contributed by atoms with E-state index >= 15 is 0 Å². The van der Waals surface area contributed by atoms with Gasteiger partial charge >= 0.3 is 0 Å². The molecule has 0 saturated heterocycles. The van der Waals surface area contributed by atoms with Gasteiger partial charge in [-0.3, -0.25) is 0 Å². The Hall–Kier alpha value is 0.680. The minimum Gasteiger partial charge on any atom is -0.0990 e. The van der Waals surface area contributed by atoms with Gasteiger partial charge in [0.05, 0.1) is 0 Å². The lowest BCUT2D eigenvalue weighted by molar-refractivity contribution is 0.483. The lowest BCUT2D eigenvalue weighted by Gasteiger charge is -2.19. The highest BCUT2D eigenvalue weighted by atomic mass is 127. The molecule has 1 unspecified atom stereocenters. The maximum atomic E-state index is 3.71. The summed E-state index contributed by atoms with van der Waals surface area (Å²) in [7, 11) is 0. The van der Waals surface area contributed by atoms with Gasteiger partial charge in [-0.25, -0.2) is 0 Å². The first-order valence-corrected chi connectivity index (χ1v) is 6.69. The van der Waals surface area contributed by atoms with Crippen LogP contribution in [0.2, 0.25) is 0 Å². The minimum absolute atomic E-state index is 0.863. The Morgan fingerprint density at radius 2 is 2.46 bits per heavy atom. The summed E-state index contributed by atoms with van der Waals surface area (Å²) < 4.78 is 2.97. The van der Waals surface area contributed by atoms with Crippen LogP contribution in [0.1, 0.15) is 25.7 Å². The molecule has 0 bridgehead atoms. The van der Waals surface area contributed by atoms with Gasteiger partial charge in [-0.1, -0.05) is 24.8 Å². The molecule has 0 fully saturated rings. The van der Waals surface area contributed by atoms with Crippen LogP contribution in [0.25, 0.3) is 0 Å². The molecule has 1 atom stereocenters. The molecule has 0 spiro atoms. The zero-order valence-corrected chi connectivity index (χ0v) is 11.9. The third-order valence-corrected chi connectivity index (χ3v) is 4.03. The second-order valence-corrected chi connectivity index (χ2v) is 6.12. The SMILES string of the molecule is C=C/C=C(/I)CC1CC=C(I)CC1. The van der Waals surface area contributed by atoms with E-state index < -0.39 is 0 Å². The summed E-state index contributed by atoms with van der Waals surface area (Å²) in [4.78, 5) is 0. The molecule has 1 aliphatic rings. The molecular weight excluding hydrogens is 386 g/mol. The van der Waals surface area contributed by atoms with Crippen molar-refractivity contribution in [3.05, 3.63) is 32.0 Å². The van der Waals surface area contributed by atoms with Crippen LogP contribution in [0.4, 0.5) is 0 Å². The van der Waals surface area contributed by atoms with Gasteiger partial charge < -0.3 is 0 Å². The van der Waals surface area contributed by atoms with Crippen LogP contribution < -0.4 is 0 Å². The van der Waals surface area contributed by atoms with Gasteiger partial charge in [0.1, 0.15) is 0 Å². The van der Waals surface area contributed by atoms with Crippen molar-refractivity contribution in [2.24, 2.45) is 5.92 Å². The van der Waals surface area contributed by atoms with Crippen molar-refractivity contribution < 1.29 is 0 Å². The maximum Gasteiger partial charge on any atom is -0.00914 e. The molecule has 0 aliphatic heterocycles. The first kappa shape index (κ1) is 11.8. The van der Waals surface area contributed by atoms with E-state index in [1.165, 1.54) is 32.8 Å². The van der Waals surface area contributed by atoms with E-state index in [0.717, 1.165) is 5.92 Å². The molecule has 0 nitrogen and oxygen atoms in total. The molecule has 1 aliphatic carbocycles. The predicted octanol–water partition coefficient (Wildman–Crippen LogP) is 5.00. The molecule has 0 radical (unpaired) electrons. The van der Waals surface area contributed by atoms with Crippen LogP contribution in [-0.2, 0) is 0 Å². The van der Waals surface area contributed by atoms with Crippen LogP contribution in [0.5, 0.6) is 0 Å². The first-order valence-electron chi connectivity index (χ1n) is 4.54. The third kappa shape index (κ3) is 4.63. The van der Waals surface area contributed by atoms with Gasteiger partial charge in [0.2, 0.25) is 0 Å². The molecule has 2 heteroatoms. The summed E-state index contributed by atoms with van der Waals surface area (Å²) in [6.45, 7) is 3.71. The highest BCUT2D eigenvalue weighted by Crippen LogP contribution is 2.32. The molecular formula is C11H14I2. The van der Waals surface area contributed by atoms with E-state index in [2.05, 4.69) is 63.9 Å². The van der Waals surface area contributed by atoms with Gasteiger partial charge in [-0.15, -0.1) is 0 Å². The van der Waals surface area contributed by atoms with Crippen molar-refractivity contribution in [1.29, 1.82) is 0 Å². The highest BCUT2D eigenvalue weighted by Gasteiger charge is 2.13. The number of allylic oxidation sites excluding steroid dienone is 5. The van der Waals surface area contributed by atoms with Crippen LogP contribution in [0.15, 0.2) is 32.0 Å². The predicted molar refractivity (Wildman–Crippen MR) is 76.4 cm³/mol. The second-order valence-electron chi connectivity index (χ2n) is 3.34. The molecule has 0 saturated carbocycles. The minimum atomic E-state index is 0.863. The van der Waals surface area contributed by atoms with E-state index in [1.807, 2.05) is 6.08 Å². The van der Waals surface area contributed by atoms with Crippen molar-refractivity contribution in [3.8, 4) is 0 Å². The Labute approximate surface area is 108 Å². The van der Waals surface area contributed by atoms with E-state index in [0.29, 0.717) is 0 Å². The maximum absolute atomic E-state index is 3.71. The molecule has 13 heavy (non-hydrogen) atoms. The van der Waals surface area contributed by atoms with Crippen molar-refractivity contribution in [2.75, 3.05) is 0 Å². The van der Waals surface area contributed by atoms with Crippen molar-refractivity contribution in [3.63, 3.8) is 0 Å². The van der Waals surface area contributed by atoms with Crippen molar-refractivity contribution >= 4 is 45.2 Å². The van der Waals surface area contributed by atoms with Crippen molar-refractivity contribution in [2.45, 2.75) is 25.7 Å². The lowest BCUT2D eigenvalue weighted by atomic mass is 9.91. The summed E-state index contributed by atoms with van der Waals surface area (Å²) in [5.41, 5.74) is 0. The van der Waals surface area contributed by atoms with Crippen LogP contribution in [0, 0.1) is 5.92 Å². The molecule has 1 rings (SSSR count). The molecule has 0 amide bonds. The zero-order valence-electron chi connectivity index (χ0n) is 7.60. The summed E-state index contributed by atoms with van der Waals surface area (Å²) in [5, 5.41) is 0. The quantitative estimate of drug-likeness (QED) is 0.462. The first-order chi connectivity index (χ1) is 6.22. The van der Waals surface area contributed by atoms with Gasteiger partial charge in [0, 0.05) is 0 Å². The molecule has 0 aromatic carbocycles. The smallest absolute Gasteiger partial charge is 0.00914 e. The highest BCUT2D eigenvalue weighted by molar-refractivity contribution is 14.1. The Morgan fingerprint density at radius 3 is 3.00 bits per heavy atom. The zero-order chi connectivity index (χ0) is 9.68. The number of hydrogen-bond acceptors (Lipinski definition) is 0. The summed E-state index contributed by atoms with van der Waals surface area (Å²) in [6.07, 6.45) is 11.5. The van der Waals surface area contributed by atoms with E-state index in [-0.39, 0.29) is 0 Å². The number of hydrogen-bond donors (Lipinski definition) is 0. The van der Waals surface area contributed by atoms with E-state index in [1.54, 1.807) is 0 Å². The third-order valence-electron chi connectivity index (χ3n) is 2.25. The van der Waals surface area contributed by atoms with Crippen LogP contribution in [-0.4, -0.2) is 0 Å². The average Bonchev–Trinajstić information content (AvgIpc) is 2.09. The van der Waals surface area contributed by atoms with Crippen molar-refractivity contribution in [1.82, 2.24) is 0 Å². The van der Waals surface area contributed by atoms with Gasteiger partial charge in [-0.2, -0.15) is 0 Å². The molecule has 0 aromatic rings. The lowest BCUT2D eigenvalue weighted by Crippen LogP contribution is -2.03. The Balaban J connectivity index is 2.39. The standard InChI is InChI=1S/C11H14I2/c1-2-3-11(13)8-9-4-6-10(12)7-5-9/h2-3,6,9H,1,4-5,7-8H2/b11-3+. The summed E-state index contributed by atoms with van der Waals surface area (Å²) in [6, 6.07) is 0. The average molecular weight is 400 g/mol. The Morgan fingerprint density at radius 1 is 1.69 bits per heavy atom. The van der Waals surface area contributed by atoms with Crippen LogP contribution >= 0.6 is 45.2 Å². The van der Waals surface area contributed by atoms with Gasteiger partial charge in [0.15, 0.2) is 0 Å². The fourth-order valence-corrected chi connectivity index (χ4v) is 2.96.